The maximum atomic E-state index is 12.9. The molecule has 35 heavy (non-hydrogen) atoms. The number of halogens is 3. The van der Waals surface area contributed by atoms with Gasteiger partial charge in [0.2, 0.25) is 0 Å². The summed E-state index contributed by atoms with van der Waals surface area (Å²) < 4.78 is 62.1. The van der Waals surface area contributed by atoms with Crippen LogP contribution in [0.4, 0.5) is 18.9 Å². The number of alkyl halides is 3. The van der Waals surface area contributed by atoms with Crippen LogP contribution in [0, 0.1) is 0 Å². The van der Waals surface area contributed by atoms with Crippen molar-refractivity contribution in [1.29, 1.82) is 0 Å². The summed E-state index contributed by atoms with van der Waals surface area (Å²) in [7, 11) is -3.39. The molecule has 0 radical (unpaired) electrons. The predicted molar refractivity (Wildman–Crippen MR) is 131 cm³/mol. The highest BCUT2D eigenvalue weighted by atomic mass is 32.3. The molecule has 1 aliphatic heterocycles. The predicted octanol–water partition coefficient (Wildman–Crippen LogP) is 6.13. The Balaban J connectivity index is 1.35. The number of piperidine rings is 1. The molecule has 0 saturated carbocycles. The molecule has 2 aromatic carbocycles. The van der Waals surface area contributed by atoms with Gasteiger partial charge in [-0.05, 0) is 62.1 Å². The zero-order valence-corrected chi connectivity index (χ0v) is 20.3. The minimum absolute atomic E-state index is 0.0515. The number of hydrogen-bond acceptors (Lipinski definition) is 7. The lowest BCUT2D eigenvalue weighted by molar-refractivity contribution is -0.138. The van der Waals surface area contributed by atoms with Crippen molar-refractivity contribution >= 4 is 43.9 Å². The van der Waals surface area contributed by atoms with Gasteiger partial charge in [-0.2, -0.15) is 13.2 Å². The Morgan fingerprint density at radius 2 is 1.83 bits per heavy atom. The second-order valence-electron chi connectivity index (χ2n) is 8.67. The number of aromatic nitrogens is 1. The number of aliphatic hydroxyl groups is 1. The van der Waals surface area contributed by atoms with Crippen molar-refractivity contribution in [1.82, 2.24) is 9.88 Å². The van der Waals surface area contributed by atoms with E-state index in [0.29, 0.717) is 16.8 Å². The number of amides is 1. The normalized spacial score (nSPS) is 16.9. The van der Waals surface area contributed by atoms with Crippen LogP contribution in [0.5, 0.6) is 0 Å². The largest absolute Gasteiger partial charge is 0.390 e. The van der Waals surface area contributed by atoms with Gasteiger partial charge >= 0.3 is 6.18 Å². The minimum Gasteiger partial charge on any atom is -0.390 e. The smallest absolute Gasteiger partial charge is 0.389 e. The van der Waals surface area contributed by atoms with E-state index in [0.717, 1.165) is 4.70 Å². The van der Waals surface area contributed by atoms with Crippen molar-refractivity contribution in [3.05, 3.63) is 53.5 Å². The van der Waals surface area contributed by atoms with Gasteiger partial charge in [0, 0.05) is 25.1 Å². The number of nitrogens with one attached hydrogen (secondary N) is 1. The van der Waals surface area contributed by atoms with Crippen LogP contribution in [0.2, 0.25) is 0 Å². The van der Waals surface area contributed by atoms with Gasteiger partial charge in [0.05, 0.1) is 21.5 Å². The topological polar surface area (TPSA) is 106 Å². The van der Waals surface area contributed by atoms with E-state index in [4.69, 9.17) is 0 Å². The Labute approximate surface area is 206 Å². The number of para-hydroxylation sites is 1. The quantitative estimate of drug-likeness (QED) is 0.293. The molecule has 4 N–H and O–H groups in total. The van der Waals surface area contributed by atoms with Crippen molar-refractivity contribution in [2.24, 2.45) is 0 Å². The molecule has 1 saturated heterocycles. The van der Waals surface area contributed by atoms with Crippen LogP contribution in [-0.2, 0) is 0 Å². The lowest BCUT2D eigenvalue weighted by atomic mass is 9.86. The number of rotatable bonds is 7. The van der Waals surface area contributed by atoms with E-state index in [2.05, 4.69) is 9.71 Å². The number of anilines is 1. The van der Waals surface area contributed by atoms with Crippen LogP contribution in [0.25, 0.3) is 10.2 Å². The molecule has 1 amide bonds. The Morgan fingerprint density at radius 1 is 1.14 bits per heavy atom. The van der Waals surface area contributed by atoms with Crippen molar-refractivity contribution < 1.29 is 32.2 Å². The molecule has 0 bridgehead atoms. The summed E-state index contributed by atoms with van der Waals surface area (Å²) in [6.07, 6.45) is -4.82. The summed E-state index contributed by atoms with van der Waals surface area (Å²) in [5.74, 6) is -0.257. The summed E-state index contributed by atoms with van der Waals surface area (Å²) in [4.78, 5) is 18.9. The van der Waals surface area contributed by atoms with E-state index in [1.807, 2.05) is 6.07 Å². The zero-order valence-electron chi connectivity index (χ0n) is 18.7. The van der Waals surface area contributed by atoms with Crippen LogP contribution in [0.3, 0.4) is 0 Å². The fraction of sp³-hybridized carbons (Fsp3) is 0.391. The Morgan fingerprint density at radius 3 is 2.49 bits per heavy atom. The molecule has 0 aliphatic carbocycles. The number of nitrogens with zero attached hydrogens (tertiary/aromatic N) is 2. The number of carbonyl (C=O) groups is 1. The number of fused-ring (bicyclic) bond motifs is 1. The van der Waals surface area contributed by atoms with Gasteiger partial charge in [-0.3, -0.25) is 18.6 Å². The molecule has 1 fully saturated rings. The zero-order chi connectivity index (χ0) is 25.3. The monoisotopic (exact) mass is 529 g/mol. The second-order valence-corrected chi connectivity index (χ2v) is 11.3. The van der Waals surface area contributed by atoms with E-state index in [1.54, 1.807) is 46.8 Å². The first-order valence-corrected chi connectivity index (χ1v) is 13.5. The molecule has 12 heteroatoms. The standard InChI is InChI=1S/C23H26F3N3O4S2/c24-23(25,26)10-2-9-22(31)11-13-29(14-12-22)21(30)16-5-7-17(8-6-16)28-35(32,33)19-4-1-3-18-20(19)27-15-34-18/h1,3-8,15,28,31-33H,2,9-14H2. The molecular weight excluding hydrogens is 503 g/mol. The number of carbonyl (C=O) groups excluding carboxylic acids is 1. The SMILES string of the molecule is O=C(c1ccc(NS(O)(O)c2cccc3scnc23)cc1)N1CCC(O)(CCCC(F)(F)F)CC1. The first-order valence-electron chi connectivity index (χ1n) is 11.0. The number of hydrogen-bond donors (Lipinski definition) is 4. The van der Waals surface area contributed by atoms with E-state index in [9.17, 15) is 32.2 Å². The second kappa shape index (κ2) is 9.94. The van der Waals surface area contributed by atoms with E-state index in [-0.39, 0.29) is 49.6 Å². The van der Waals surface area contributed by atoms with E-state index >= 15 is 0 Å². The Bertz CT molecular complexity index is 1180. The molecule has 0 spiro atoms. The number of thiazole rings is 1. The number of likely N-dealkylation sites (tertiary alicyclic amines) is 1. The molecule has 0 unspecified atom stereocenters. The Hall–Kier alpha value is -2.38. The third-order valence-corrected chi connectivity index (χ3v) is 8.36. The Kier molecular flexibility index (Phi) is 7.30. The van der Waals surface area contributed by atoms with Gasteiger partial charge < -0.3 is 10.0 Å². The van der Waals surface area contributed by atoms with Gasteiger partial charge in [-0.15, -0.1) is 11.3 Å². The van der Waals surface area contributed by atoms with Gasteiger partial charge in [0.25, 0.3) is 5.91 Å². The van der Waals surface area contributed by atoms with Crippen LogP contribution < -0.4 is 4.72 Å². The first-order chi connectivity index (χ1) is 16.5. The molecule has 1 aliphatic rings. The molecule has 3 aromatic rings. The summed E-state index contributed by atoms with van der Waals surface area (Å²) in [5, 5.41) is 10.6. The lowest BCUT2D eigenvalue weighted by Gasteiger charge is -2.38. The number of benzene rings is 2. The summed E-state index contributed by atoms with van der Waals surface area (Å²) in [5.41, 5.74) is 1.75. The van der Waals surface area contributed by atoms with E-state index in [1.165, 1.54) is 11.3 Å². The molecule has 1 aromatic heterocycles. The highest BCUT2D eigenvalue weighted by molar-refractivity contribution is 8.25. The van der Waals surface area contributed by atoms with Gasteiger partial charge in [-0.25, -0.2) is 4.98 Å². The van der Waals surface area contributed by atoms with Crippen LogP contribution in [-0.4, -0.2) is 54.9 Å². The van der Waals surface area contributed by atoms with Crippen molar-refractivity contribution in [3.8, 4) is 0 Å². The van der Waals surface area contributed by atoms with Crippen molar-refractivity contribution in [2.75, 3.05) is 17.8 Å². The highest BCUT2D eigenvalue weighted by Gasteiger charge is 2.35. The molecule has 2 heterocycles. The fourth-order valence-electron chi connectivity index (χ4n) is 4.17. The van der Waals surface area contributed by atoms with Crippen molar-refractivity contribution in [3.63, 3.8) is 0 Å². The summed E-state index contributed by atoms with van der Waals surface area (Å²) in [6, 6.07) is 11.4. The average Bonchev–Trinajstić information content (AvgIpc) is 3.27. The molecule has 4 rings (SSSR count). The lowest BCUT2D eigenvalue weighted by Crippen LogP contribution is -2.46. The molecular formula is C23H26F3N3O4S2. The maximum Gasteiger partial charge on any atom is 0.389 e. The average molecular weight is 530 g/mol. The first kappa shape index (κ1) is 25.7. The van der Waals surface area contributed by atoms with Crippen molar-refractivity contribution in [2.45, 2.75) is 48.8 Å². The van der Waals surface area contributed by atoms with Crippen LogP contribution in [0.1, 0.15) is 42.5 Å². The van der Waals surface area contributed by atoms with Gasteiger partial charge in [-0.1, -0.05) is 16.8 Å². The minimum atomic E-state index is -4.24. The van der Waals surface area contributed by atoms with Crippen LogP contribution in [0.15, 0.2) is 52.9 Å². The molecule has 7 nitrogen and oxygen atoms in total. The highest BCUT2D eigenvalue weighted by Crippen LogP contribution is 2.50. The summed E-state index contributed by atoms with van der Waals surface area (Å²) in [6.45, 7) is 0.499. The fourth-order valence-corrected chi connectivity index (χ4v) is 6.21. The van der Waals surface area contributed by atoms with Gasteiger partial charge in [0.15, 0.2) is 0 Å². The summed E-state index contributed by atoms with van der Waals surface area (Å²) >= 11 is 1.40. The maximum absolute atomic E-state index is 12.9. The molecule has 0 atom stereocenters. The van der Waals surface area contributed by atoms with Gasteiger partial charge in [0.1, 0.15) is 10.4 Å². The third-order valence-electron chi connectivity index (χ3n) is 6.11. The molecule has 190 valence electrons. The van der Waals surface area contributed by atoms with Crippen LogP contribution >= 0.6 is 22.1 Å². The van der Waals surface area contributed by atoms with E-state index < -0.39 is 29.0 Å². The third kappa shape index (κ3) is 6.25.